The normalized spacial score (nSPS) is 20.1. The van der Waals surface area contributed by atoms with Crippen molar-refractivity contribution in [2.75, 3.05) is 20.1 Å². The van der Waals surface area contributed by atoms with Crippen LogP contribution in [0.3, 0.4) is 0 Å². The average Bonchev–Trinajstić information content (AvgIpc) is 3.23. The largest absolute Gasteiger partial charge is 0.459 e. The fourth-order valence-corrected chi connectivity index (χ4v) is 4.04. The molecule has 2 amide bonds. The lowest BCUT2D eigenvalue weighted by molar-refractivity contribution is -0.129. The van der Waals surface area contributed by atoms with E-state index in [-0.39, 0.29) is 34.0 Å². The maximum atomic E-state index is 13.2. The second kappa shape index (κ2) is 7.31. The van der Waals surface area contributed by atoms with Crippen LogP contribution in [0, 0.1) is 5.82 Å². The first-order valence-electron chi connectivity index (χ1n) is 7.97. The number of carbonyl (C=O) groups excluding carboxylic acids is 2. The zero-order valence-corrected chi connectivity index (χ0v) is 14.8. The summed E-state index contributed by atoms with van der Waals surface area (Å²) < 4.78 is 18.3. The van der Waals surface area contributed by atoms with Crippen molar-refractivity contribution in [2.24, 2.45) is 0 Å². The van der Waals surface area contributed by atoms with Gasteiger partial charge in [0.15, 0.2) is 5.76 Å². The summed E-state index contributed by atoms with van der Waals surface area (Å²) in [5.41, 5.74) is 0.879. The molecule has 1 aliphatic rings. The quantitative estimate of drug-likeness (QED) is 0.820. The van der Waals surface area contributed by atoms with E-state index in [2.05, 4.69) is 0 Å². The Morgan fingerprint density at radius 2 is 2.04 bits per heavy atom. The summed E-state index contributed by atoms with van der Waals surface area (Å²) in [6, 6.07) is 9.46. The molecule has 132 valence electrons. The highest BCUT2D eigenvalue weighted by molar-refractivity contribution is 8.01. The van der Waals surface area contributed by atoms with Gasteiger partial charge in [0.25, 0.3) is 5.91 Å². The summed E-state index contributed by atoms with van der Waals surface area (Å²) in [4.78, 5) is 28.0. The van der Waals surface area contributed by atoms with Crippen LogP contribution in [0.2, 0.25) is 0 Å². The van der Waals surface area contributed by atoms with Gasteiger partial charge in [-0.15, -0.1) is 11.8 Å². The standard InChI is InChI=1S/C18H19FN2O3S/c1-12-16(22)21(18(25-12)13-5-7-14(19)8-6-13)10-9-20(2)17(23)15-4-3-11-24-15/h3-8,11-12,18H,9-10H2,1-2H3/t12-,18+/m0/s1. The molecule has 2 atom stereocenters. The molecule has 2 heterocycles. The maximum Gasteiger partial charge on any atom is 0.289 e. The molecule has 5 nitrogen and oxygen atoms in total. The van der Waals surface area contributed by atoms with E-state index in [1.807, 2.05) is 6.92 Å². The van der Waals surface area contributed by atoms with Crippen LogP contribution >= 0.6 is 11.8 Å². The van der Waals surface area contributed by atoms with Crippen molar-refractivity contribution in [2.45, 2.75) is 17.5 Å². The first kappa shape index (κ1) is 17.5. The van der Waals surface area contributed by atoms with E-state index < -0.39 is 0 Å². The highest BCUT2D eigenvalue weighted by Gasteiger charge is 2.38. The van der Waals surface area contributed by atoms with Crippen LogP contribution in [0.4, 0.5) is 4.39 Å². The van der Waals surface area contributed by atoms with Crippen molar-refractivity contribution >= 4 is 23.6 Å². The molecule has 1 aromatic heterocycles. The molecule has 1 aliphatic heterocycles. The number of thioether (sulfide) groups is 1. The second-order valence-corrected chi connectivity index (χ2v) is 7.34. The van der Waals surface area contributed by atoms with Crippen LogP contribution in [0.25, 0.3) is 0 Å². The molecule has 2 aromatic rings. The van der Waals surface area contributed by atoms with Gasteiger partial charge in [-0.2, -0.15) is 0 Å². The number of hydrogen-bond donors (Lipinski definition) is 0. The molecule has 25 heavy (non-hydrogen) atoms. The Morgan fingerprint density at radius 3 is 2.68 bits per heavy atom. The highest BCUT2D eigenvalue weighted by atomic mass is 32.2. The topological polar surface area (TPSA) is 53.8 Å². The Kier molecular flexibility index (Phi) is 5.13. The van der Waals surface area contributed by atoms with Crippen molar-refractivity contribution in [3.63, 3.8) is 0 Å². The summed E-state index contributed by atoms with van der Waals surface area (Å²) in [5, 5.41) is -0.337. The van der Waals surface area contributed by atoms with Crippen molar-refractivity contribution < 1.29 is 18.4 Å². The fraction of sp³-hybridized carbons (Fsp3) is 0.333. The first-order chi connectivity index (χ1) is 12.0. The van der Waals surface area contributed by atoms with Crippen LogP contribution in [0.15, 0.2) is 47.1 Å². The van der Waals surface area contributed by atoms with Crippen molar-refractivity contribution in [3.05, 3.63) is 59.8 Å². The summed E-state index contributed by atoms with van der Waals surface area (Å²) in [6.07, 6.45) is 1.45. The minimum atomic E-state index is -0.304. The molecule has 0 aliphatic carbocycles. The van der Waals surface area contributed by atoms with Crippen LogP contribution in [-0.2, 0) is 4.79 Å². The van der Waals surface area contributed by atoms with Crippen molar-refractivity contribution in [1.82, 2.24) is 9.80 Å². The molecule has 1 saturated heterocycles. The Balaban J connectivity index is 1.69. The number of hydrogen-bond acceptors (Lipinski definition) is 4. The molecule has 1 aromatic carbocycles. The number of likely N-dealkylation sites (N-methyl/N-ethyl adjacent to an activating group) is 1. The van der Waals surface area contributed by atoms with Gasteiger partial charge in [0, 0.05) is 20.1 Å². The number of furan rings is 1. The van der Waals surface area contributed by atoms with E-state index in [1.54, 1.807) is 36.2 Å². The van der Waals surface area contributed by atoms with Gasteiger partial charge >= 0.3 is 0 Å². The third-order valence-electron chi connectivity index (χ3n) is 4.16. The Labute approximate surface area is 149 Å². The monoisotopic (exact) mass is 362 g/mol. The molecular formula is C18H19FN2O3S. The number of carbonyl (C=O) groups is 2. The SMILES string of the molecule is C[C@@H]1S[C@H](c2ccc(F)cc2)N(CCN(C)C(=O)c2ccco2)C1=O. The molecular weight excluding hydrogens is 343 g/mol. The van der Waals surface area contributed by atoms with Crippen LogP contribution < -0.4 is 0 Å². The lowest BCUT2D eigenvalue weighted by Gasteiger charge is -2.26. The summed E-state index contributed by atoms with van der Waals surface area (Å²) in [7, 11) is 1.68. The molecule has 0 radical (unpaired) electrons. The van der Waals surface area contributed by atoms with Crippen LogP contribution in [0.1, 0.15) is 28.4 Å². The Bertz CT molecular complexity index is 748. The van der Waals surface area contributed by atoms with Gasteiger partial charge in [-0.3, -0.25) is 9.59 Å². The van der Waals surface area contributed by atoms with E-state index in [0.717, 1.165) is 5.56 Å². The van der Waals surface area contributed by atoms with E-state index in [4.69, 9.17) is 4.42 Å². The maximum absolute atomic E-state index is 13.2. The van der Waals surface area contributed by atoms with Crippen molar-refractivity contribution in [1.29, 1.82) is 0 Å². The third kappa shape index (κ3) is 3.71. The molecule has 0 bridgehead atoms. The number of amides is 2. The first-order valence-corrected chi connectivity index (χ1v) is 8.92. The third-order valence-corrected chi connectivity index (χ3v) is 5.55. The second-order valence-electron chi connectivity index (χ2n) is 5.92. The lowest BCUT2D eigenvalue weighted by atomic mass is 10.2. The van der Waals surface area contributed by atoms with E-state index in [0.29, 0.717) is 13.1 Å². The van der Waals surface area contributed by atoms with Gasteiger partial charge in [-0.05, 0) is 36.8 Å². The molecule has 1 fully saturated rings. The summed E-state index contributed by atoms with van der Waals surface area (Å²) in [6.45, 7) is 2.65. The predicted octanol–water partition coefficient (Wildman–Crippen LogP) is 3.15. The van der Waals surface area contributed by atoms with Gasteiger partial charge < -0.3 is 14.2 Å². The highest BCUT2D eigenvalue weighted by Crippen LogP contribution is 2.42. The summed E-state index contributed by atoms with van der Waals surface area (Å²) in [5.74, 6) is -0.233. The molecule has 0 unspecified atom stereocenters. The average molecular weight is 362 g/mol. The van der Waals surface area contributed by atoms with Gasteiger partial charge in [0.2, 0.25) is 5.91 Å². The van der Waals surface area contributed by atoms with E-state index in [1.165, 1.54) is 35.1 Å². The molecule has 3 rings (SSSR count). The number of nitrogens with zero attached hydrogens (tertiary/aromatic N) is 2. The Morgan fingerprint density at radius 1 is 1.32 bits per heavy atom. The predicted molar refractivity (Wildman–Crippen MR) is 93.6 cm³/mol. The molecule has 0 saturated carbocycles. The molecule has 0 spiro atoms. The zero-order valence-electron chi connectivity index (χ0n) is 14.0. The zero-order chi connectivity index (χ0) is 18.0. The Hall–Kier alpha value is -2.28. The van der Waals surface area contributed by atoms with Crippen LogP contribution in [0.5, 0.6) is 0 Å². The fourth-order valence-electron chi connectivity index (χ4n) is 2.74. The number of benzene rings is 1. The number of rotatable bonds is 5. The van der Waals surface area contributed by atoms with Gasteiger partial charge in [-0.25, -0.2) is 4.39 Å². The number of halogens is 1. The molecule has 0 N–H and O–H groups in total. The van der Waals surface area contributed by atoms with Crippen LogP contribution in [-0.4, -0.2) is 47.0 Å². The van der Waals surface area contributed by atoms with Gasteiger partial charge in [0.1, 0.15) is 11.2 Å². The molecule has 7 heteroatoms. The van der Waals surface area contributed by atoms with E-state index in [9.17, 15) is 14.0 Å². The minimum absolute atomic E-state index is 0.0261. The minimum Gasteiger partial charge on any atom is -0.459 e. The van der Waals surface area contributed by atoms with Gasteiger partial charge in [0.05, 0.1) is 11.5 Å². The summed E-state index contributed by atoms with van der Waals surface area (Å²) >= 11 is 1.53. The van der Waals surface area contributed by atoms with E-state index >= 15 is 0 Å². The smallest absolute Gasteiger partial charge is 0.289 e. The van der Waals surface area contributed by atoms with Gasteiger partial charge in [-0.1, -0.05) is 12.1 Å². The van der Waals surface area contributed by atoms with Crippen molar-refractivity contribution in [3.8, 4) is 0 Å². The lowest BCUT2D eigenvalue weighted by Crippen LogP contribution is -2.39.